The van der Waals surface area contributed by atoms with Gasteiger partial charge in [-0.3, -0.25) is 14.8 Å². The van der Waals surface area contributed by atoms with Crippen LogP contribution >= 0.6 is 0 Å². The molecule has 0 saturated heterocycles. The molecule has 0 saturated carbocycles. The highest BCUT2D eigenvalue weighted by Gasteiger charge is 2.05. The molecule has 25 heavy (non-hydrogen) atoms. The lowest BCUT2D eigenvalue weighted by Crippen LogP contribution is -2.21. The Labute approximate surface area is 147 Å². The number of hydrogen-bond acceptors (Lipinski definition) is 4. The molecule has 3 rings (SSSR count). The molecular formula is C20H22N4O. The summed E-state index contributed by atoms with van der Waals surface area (Å²) in [6, 6.07) is 15.9. The van der Waals surface area contributed by atoms with E-state index >= 15 is 0 Å². The summed E-state index contributed by atoms with van der Waals surface area (Å²) in [4.78, 5) is 22.5. The molecule has 128 valence electrons. The molecule has 0 unspecified atom stereocenters. The highest BCUT2D eigenvalue weighted by atomic mass is 16.1. The minimum Gasteiger partial charge on any atom is -0.326 e. The Kier molecular flexibility index (Phi) is 5.36. The largest absolute Gasteiger partial charge is 0.326 e. The predicted molar refractivity (Wildman–Crippen MR) is 100 cm³/mol. The van der Waals surface area contributed by atoms with Crippen molar-refractivity contribution in [2.45, 2.75) is 19.9 Å². The Balaban J connectivity index is 1.64. The summed E-state index contributed by atoms with van der Waals surface area (Å²) in [5.41, 5.74) is 3.86. The minimum atomic E-state index is -0.0709. The van der Waals surface area contributed by atoms with Gasteiger partial charge in [0.25, 0.3) is 0 Å². The van der Waals surface area contributed by atoms with Crippen LogP contribution in [0.2, 0.25) is 0 Å². The van der Waals surface area contributed by atoms with Crippen LogP contribution in [-0.2, 0) is 17.8 Å². The van der Waals surface area contributed by atoms with Crippen LogP contribution in [0.15, 0.2) is 54.7 Å². The van der Waals surface area contributed by atoms with E-state index in [0.29, 0.717) is 0 Å². The average Bonchev–Trinajstić information content (AvgIpc) is 2.60. The van der Waals surface area contributed by atoms with Gasteiger partial charge in [0.15, 0.2) is 0 Å². The summed E-state index contributed by atoms with van der Waals surface area (Å²) in [7, 11) is 2.09. The number of carbonyl (C=O) groups is 1. The first kappa shape index (κ1) is 17.0. The van der Waals surface area contributed by atoms with E-state index in [1.54, 1.807) is 0 Å². The van der Waals surface area contributed by atoms with Crippen LogP contribution in [0.5, 0.6) is 0 Å². The molecule has 0 fully saturated rings. The van der Waals surface area contributed by atoms with Crippen LogP contribution in [0.25, 0.3) is 10.9 Å². The lowest BCUT2D eigenvalue weighted by molar-refractivity contribution is -0.114. The highest BCUT2D eigenvalue weighted by molar-refractivity contribution is 5.92. The number of fused-ring (bicyclic) bond motifs is 1. The number of benzene rings is 1. The highest BCUT2D eigenvalue weighted by Crippen LogP contribution is 2.18. The summed E-state index contributed by atoms with van der Waals surface area (Å²) in [6.07, 6.45) is 2.75. The van der Waals surface area contributed by atoms with Gasteiger partial charge >= 0.3 is 0 Å². The van der Waals surface area contributed by atoms with Gasteiger partial charge in [-0.05, 0) is 43.4 Å². The summed E-state index contributed by atoms with van der Waals surface area (Å²) >= 11 is 0. The van der Waals surface area contributed by atoms with E-state index in [9.17, 15) is 4.79 Å². The molecule has 0 aliphatic rings. The molecule has 0 atom stereocenters. The second kappa shape index (κ2) is 7.85. The third kappa shape index (κ3) is 4.84. The van der Waals surface area contributed by atoms with Gasteiger partial charge in [0.05, 0.1) is 11.2 Å². The van der Waals surface area contributed by atoms with Crippen molar-refractivity contribution in [2.24, 2.45) is 0 Å². The van der Waals surface area contributed by atoms with Crippen LogP contribution in [-0.4, -0.2) is 34.4 Å². The van der Waals surface area contributed by atoms with Crippen LogP contribution in [0.4, 0.5) is 5.69 Å². The number of likely N-dealkylation sites (N-methyl/N-ethyl adjacent to an activating group) is 1. The molecule has 2 aromatic heterocycles. The van der Waals surface area contributed by atoms with E-state index < -0.39 is 0 Å². The molecule has 0 aliphatic heterocycles. The summed E-state index contributed by atoms with van der Waals surface area (Å²) in [6.45, 7) is 3.22. The average molecular weight is 334 g/mol. The lowest BCUT2D eigenvalue weighted by Gasteiger charge is -2.16. The molecule has 2 heterocycles. The van der Waals surface area contributed by atoms with Gasteiger partial charge in [-0.2, -0.15) is 0 Å². The molecule has 3 aromatic rings. The molecule has 0 radical (unpaired) electrons. The number of rotatable bonds is 6. The van der Waals surface area contributed by atoms with E-state index in [1.165, 1.54) is 6.92 Å². The number of hydrogen-bond donors (Lipinski definition) is 1. The predicted octanol–water partition coefficient (Wildman–Crippen LogP) is 3.26. The third-order valence-electron chi connectivity index (χ3n) is 3.97. The SMILES string of the molecule is CC(=O)Nc1ccc2nc(CN(C)CCc3ccccn3)ccc2c1. The summed E-state index contributed by atoms with van der Waals surface area (Å²) < 4.78 is 0. The van der Waals surface area contributed by atoms with E-state index in [0.717, 1.165) is 47.5 Å². The molecule has 5 heteroatoms. The maximum Gasteiger partial charge on any atom is 0.221 e. The molecule has 0 bridgehead atoms. The second-order valence-electron chi connectivity index (χ2n) is 6.20. The molecule has 0 spiro atoms. The molecule has 1 amide bonds. The van der Waals surface area contributed by atoms with Crippen molar-refractivity contribution in [2.75, 3.05) is 18.9 Å². The van der Waals surface area contributed by atoms with Crippen molar-refractivity contribution in [1.82, 2.24) is 14.9 Å². The van der Waals surface area contributed by atoms with Crippen molar-refractivity contribution >= 4 is 22.5 Å². The van der Waals surface area contributed by atoms with Crippen LogP contribution in [0.1, 0.15) is 18.3 Å². The van der Waals surface area contributed by atoms with Crippen LogP contribution in [0, 0.1) is 0 Å². The number of pyridine rings is 2. The first-order chi connectivity index (χ1) is 12.1. The van der Waals surface area contributed by atoms with Gasteiger partial charge < -0.3 is 10.2 Å². The number of carbonyl (C=O) groups excluding carboxylic acids is 1. The molecule has 1 N–H and O–H groups in total. The van der Waals surface area contributed by atoms with E-state index in [1.807, 2.05) is 42.6 Å². The topological polar surface area (TPSA) is 58.1 Å². The maximum absolute atomic E-state index is 11.2. The number of nitrogens with zero attached hydrogens (tertiary/aromatic N) is 3. The number of nitrogens with one attached hydrogen (secondary N) is 1. The first-order valence-electron chi connectivity index (χ1n) is 8.36. The smallest absolute Gasteiger partial charge is 0.221 e. The third-order valence-corrected chi connectivity index (χ3v) is 3.97. The van der Waals surface area contributed by atoms with Crippen molar-refractivity contribution in [3.63, 3.8) is 0 Å². The van der Waals surface area contributed by atoms with Crippen molar-refractivity contribution in [3.05, 3.63) is 66.1 Å². The van der Waals surface area contributed by atoms with Gasteiger partial charge in [0, 0.05) is 49.4 Å². The molecular weight excluding hydrogens is 312 g/mol. The van der Waals surface area contributed by atoms with Crippen LogP contribution in [0.3, 0.4) is 0 Å². The number of amides is 1. The number of aromatic nitrogens is 2. The molecule has 0 aliphatic carbocycles. The van der Waals surface area contributed by atoms with E-state index in [4.69, 9.17) is 4.98 Å². The van der Waals surface area contributed by atoms with Gasteiger partial charge in [0.2, 0.25) is 5.91 Å². The Morgan fingerprint density at radius 1 is 1.12 bits per heavy atom. The standard InChI is InChI=1S/C20H22N4O/c1-15(25)22-18-8-9-20-16(13-18)6-7-19(23-20)14-24(2)12-10-17-5-3-4-11-21-17/h3-9,11,13H,10,12,14H2,1-2H3,(H,22,25). The zero-order valence-corrected chi connectivity index (χ0v) is 14.6. The van der Waals surface area contributed by atoms with Crippen molar-refractivity contribution < 1.29 is 4.79 Å². The molecule has 5 nitrogen and oxygen atoms in total. The maximum atomic E-state index is 11.2. The number of anilines is 1. The zero-order chi connectivity index (χ0) is 17.6. The fourth-order valence-electron chi connectivity index (χ4n) is 2.74. The Morgan fingerprint density at radius 2 is 2.00 bits per heavy atom. The van der Waals surface area contributed by atoms with Crippen molar-refractivity contribution in [3.8, 4) is 0 Å². The minimum absolute atomic E-state index is 0.0709. The van der Waals surface area contributed by atoms with E-state index in [2.05, 4.69) is 34.4 Å². The summed E-state index contributed by atoms with van der Waals surface area (Å²) in [5, 5.41) is 3.81. The quantitative estimate of drug-likeness (QED) is 0.752. The van der Waals surface area contributed by atoms with Crippen LogP contribution < -0.4 is 5.32 Å². The fraction of sp³-hybridized carbons (Fsp3) is 0.250. The normalized spacial score (nSPS) is 11.0. The monoisotopic (exact) mass is 334 g/mol. The van der Waals surface area contributed by atoms with Gasteiger partial charge in [-0.1, -0.05) is 12.1 Å². The van der Waals surface area contributed by atoms with Gasteiger partial charge in [-0.25, -0.2) is 0 Å². The Morgan fingerprint density at radius 3 is 2.76 bits per heavy atom. The summed E-state index contributed by atoms with van der Waals surface area (Å²) in [5.74, 6) is -0.0709. The van der Waals surface area contributed by atoms with Gasteiger partial charge in [-0.15, -0.1) is 0 Å². The van der Waals surface area contributed by atoms with Crippen molar-refractivity contribution in [1.29, 1.82) is 0 Å². The zero-order valence-electron chi connectivity index (χ0n) is 14.6. The van der Waals surface area contributed by atoms with E-state index in [-0.39, 0.29) is 5.91 Å². The fourth-order valence-corrected chi connectivity index (χ4v) is 2.74. The first-order valence-corrected chi connectivity index (χ1v) is 8.36. The Bertz CT molecular complexity index is 864. The second-order valence-corrected chi connectivity index (χ2v) is 6.20. The molecule has 1 aromatic carbocycles. The van der Waals surface area contributed by atoms with Gasteiger partial charge in [0.1, 0.15) is 0 Å². The Hall–Kier alpha value is -2.79. The lowest BCUT2D eigenvalue weighted by atomic mass is 10.1.